The van der Waals surface area contributed by atoms with Crippen LogP contribution in [0.3, 0.4) is 0 Å². The Hall–Kier alpha value is -0.690. The highest BCUT2D eigenvalue weighted by molar-refractivity contribution is 7.99. The molecule has 0 saturated carbocycles. The van der Waals surface area contributed by atoms with Crippen LogP contribution < -0.4 is 10.6 Å². The molecule has 0 amide bonds. The van der Waals surface area contributed by atoms with Crippen molar-refractivity contribution in [3.8, 4) is 0 Å². The van der Waals surface area contributed by atoms with Gasteiger partial charge in [-0.3, -0.25) is 0 Å². The second-order valence-electron chi connectivity index (χ2n) is 3.08. The summed E-state index contributed by atoms with van der Waals surface area (Å²) >= 11 is 3.45. The molecule has 82 valence electrons. The molecular weight excluding hydrogens is 230 g/mol. The van der Waals surface area contributed by atoms with Gasteiger partial charge in [-0.2, -0.15) is 26.7 Å². The van der Waals surface area contributed by atoms with Gasteiger partial charge in [0.05, 0.1) is 0 Å². The van der Waals surface area contributed by atoms with Crippen molar-refractivity contribution in [2.24, 2.45) is 0 Å². The van der Waals surface area contributed by atoms with E-state index in [4.69, 9.17) is 5.73 Å². The Kier molecular flexibility index (Phi) is 3.53. The van der Waals surface area contributed by atoms with Crippen LogP contribution in [0.15, 0.2) is 5.16 Å². The van der Waals surface area contributed by atoms with Gasteiger partial charge in [0.25, 0.3) is 0 Å². The maximum absolute atomic E-state index is 5.63. The van der Waals surface area contributed by atoms with Crippen LogP contribution in [0.5, 0.6) is 0 Å². The lowest BCUT2D eigenvalue weighted by Crippen LogP contribution is -2.34. The van der Waals surface area contributed by atoms with E-state index in [0.29, 0.717) is 17.1 Å². The molecule has 0 aromatic carbocycles. The van der Waals surface area contributed by atoms with Crippen molar-refractivity contribution < 1.29 is 0 Å². The maximum atomic E-state index is 5.63. The summed E-state index contributed by atoms with van der Waals surface area (Å²) in [5.41, 5.74) is 5.63. The molecule has 1 aliphatic rings. The van der Waals surface area contributed by atoms with Gasteiger partial charge in [0, 0.05) is 24.6 Å². The Morgan fingerprint density at radius 1 is 1.27 bits per heavy atom. The normalized spacial score (nSPS) is 16.7. The van der Waals surface area contributed by atoms with E-state index in [1.807, 2.05) is 18.0 Å². The lowest BCUT2D eigenvalue weighted by molar-refractivity contribution is 0.783. The minimum Gasteiger partial charge on any atom is -0.368 e. The predicted molar refractivity (Wildman–Crippen MR) is 65.6 cm³/mol. The molecule has 0 bridgehead atoms. The first kappa shape index (κ1) is 10.8. The molecule has 5 nitrogen and oxygen atoms in total. The Bertz CT molecular complexity index is 340. The van der Waals surface area contributed by atoms with E-state index in [1.54, 1.807) is 0 Å². The fraction of sp³-hybridized carbons (Fsp3) is 0.625. The van der Waals surface area contributed by atoms with E-state index >= 15 is 0 Å². The second kappa shape index (κ2) is 4.89. The number of anilines is 2. The number of hydrogen-bond acceptors (Lipinski definition) is 7. The van der Waals surface area contributed by atoms with Gasteiger partial charge in [0.15, 0.2) is 5.16 Å². The number of rotatable bonds is 2. The summed E-state index contributed by atoms with van der Waals surface area (Å²) < 4.78 is 0. The van der Waals surface area contributed by atoms with Crippen LogP contribution in [0.1, 0.15) is 0 Å². The minimum absolute atomic E-state index is 0.308. The highest BCUT2D eigenvalue weighted by Gasteiger charge is 2.15. The fourth-order valence-electron chi connectivity index (χ4n) is 1.36. The van der Waals surface area contributed by atoms with Crippen LogP contribution in [0.25, 0.3) is 0 Å². The summed E-state index contributed by atoms with van der Waals surface area (Å²) in [7, 11) is 0. The van der Waals surface area contributed by atoms with Crippen LogP contribution in [0, 0.1) is 0 Å². The van der Waals surface area contributed by atoms with Crippen molar-refractivity contribution in [2.75, 3.05) is 41.5 Å². The largest absolute Gasteiger partial charge is 0.368 e. The van der Waals surface area contributed by atoms with Crippen LogP contribution in [0.2, 0.25) is 0 Å². The van der Waals surface area contributed by atoms with Crippen molar-refractivity contribution in [2.45, 2.75) is 5.16 Å². The molecule has 1 aromatic rings. The van der Waals surface area contributed by atoms with Crippen LogP contribution in [-0.4, -0.2) is 45.8 Å². The van der Waals surface area contributed by atoms with Crippen LogP contribution >= 0.6 is 23.5 Å². The zero-order valence-corrected chi connectivity index (χ0v) is 10.1. The lowest BCUT2D eigenvalue weighted by Gasteiger charge is -2.26. The van der Waals surface area contributed by atoms with Gasteiger partial charge in [-0.05, 0) is 6.26 Å². The molecule has 2 heterocycles. The van der Waals surface area contributed by atoms with Gasteiger partial charge in [0.2, 0.25) is 11.9 Å². The minimum atomic E-state index is 0.308. The Labute approximate surface area is 97.3 Å². The number of nitrogen functional groups attached to an aromatic ring is 1. The molecule has 15 heavy (non-hydrogen) atoms. The first-order valence-electron chi connectivity index (χ1n) is 4.68. The van der Waals surface area contributed by atoms with Crippen molar-refractivity contribution in [1.82, 2.24) is 15.0 Å². The Morgan fingerprint density at radius 2 is 2.00 bits per heavy atom. The van der Waals surface area contributed by atoms with Crippen molar-refractivity contribution in [1.29, 1.82) is 0 Å². The summed E-state index contributed by atoms with van der Waals surface area (Å²) in [6.45, 7) is 1.98. The summed E-state index contributed by atoms with van der Waals surface area (Å²) in [5.74, 6) is 3.27. The van der Waals surface area contributed by atoms with E-state index in [-0.39, 0.29) is 0 Å². The van der Waals surface area contributed by atoms with Crippen molar-refractivity contribution >= 4 is 35.4 Å². The molecular formula is C8H13N5S2. The predicted octanol–water partition coefficient (Wildman–Crippen LogP) is 0.729. The number of thioether (sulfide) groups is 2. The van der Waals surface area contributed by atoms with E-state index in [0.717, 1.165) is 24.6 Å². The molecule has 2 rings (SSSR count). The number of nitrogens with two attached hydrogens (primary N) is 1. The molecule has 1 saturated heterocycles. The lowest BCUT2D eigenvalue weighted by atomic mass is 10.5. The fourth-order valence-corrected chi connectivity index (χ4v) is 2.62. The van der Waals surface area contributed by atoms with Crippen LogP contribution in [-0.2, 0) is 0 Å². The number of hydrogen-bond donors (Lipinski definition) is 1. The maximum Gasteiger partial charge on any atom is 0.231 e. The zero-order chi connectivity index (χ0) is 10.7. The van der Waals surface area contributed by atoms with Gasteiger partial charge in [-0.25, -0.2) is 0 Å². The standard InChI is InChI=1S/C8H13N5S2/c1-14-8-11-6(9)10-7(12-8)13-2-4-15-5-3-13/h2-5H2,1H3,(H2,9,10,11,12). The van der Waals surface area contributed by atoms with E-state index in [1.165, 1.54) is 11.8 Å². The molecule has 0 spiro atoms. The zero-order valence-electron chi connectivity index (χ0n) is 8.51. The second-order valence-corrected chi connectivity index (χ2v) is 5.08. The molecule has 0 aliphatic carbocycles. The third-order valence-electron chi connectivity index (χ3n) is 2.10. The first-order chi connectivity index (χ1) is 7.29. The monoisotopic (exact) mass is 243 g/mol. The van der Waals surface area contributed by atoms with Crippen molar-refractivity contribution in [3.05, 3.63) is 0 Å². The smallest absolute Gasteiger partial charge is 0.231 e. The molecule has 0 atom stereocenters. The van der Waals surface area contributed by atoms with Gasteiger partial charge < -0.3 is 10.6 Å². The summed E-state index contributed by atoms with van der Waals surface area (Å²) in [6.07, 6.45) is 1.94. The van der Waals surface area contributed by atoms with Gasteiger partial charge in [-0.15, -0.1) is 0 Å². The topological polar surface area (TPSA) is 67.9 Å². The SMILES string of the molecule is CSc1nc(N)nc(N2CCSCC2)n1. The summed E-state index contributed by atoms with van der Waals surface area (Å²) in [6, 6.07) is 0. The van der Waals surface area contributed by atoms with Crippen molar-refractivity contribution in [3.63, 3.8) is 0 Å². The summed E-state index contributed by atoms with van der Waals surface area (Å²) in [4.78, 5) is 14.7. The van der Waals surface area contributed by atoms with E-state index in [2.05, 4.69) is 19.9 Å². The third-order valence-corrected chi connectivity index (χ3v) is 3.59. The number of nitrogens with zero attached hydrogens (tertiary/aromatic N) is 4. The van der Waals surface area contributed by atoms with Gasteiger partial charge >= 0.3 is 0 Å². The van der Waals surface area contributed by atoms with Gasteiger partial charge in [-0.1, -0.05) is 11.8 Å². The molecule has 0 radical (unpaired) electrons. The number of aromatic nitrogens is 3. The Balaban J connectivity index is 2.22. The van der Waals surface area contributed by atoms with E-state index in [9.17, 15) is 0 Å². The molecule has 1 aromatic heterocycles. The first-order valence-corrected chi connectivity index (χ1v) is 7.06. The highest BCUT2D eigenvalue weighted by Crippen LogP contribution is 2.18. The summed E-state index contributed by atoms with van der Waals surface area (Å²) in [5, 5.41) is 0.690. The quantitative estimate of drug-likeness (QED) is 0.768. The third kappa shape index (κ3) is 2.66. The molecule has 1 aliphatic heterocycles. The Morgan fingerprint density at radius 3 is 2.67 bits per heavy atom. The average molecular weight is 243 g/mol. The highest BCUT2D eigenvalue weighted by atomic mass is 32.2. The van der Waals surface area contributed by atoms with E-state index < -0.39 is 0 Å². The molecule has 1 fully saturated rings. The van der Waals surface area contributed by atoms with Gasteiger partial charge in [0.1, 0.15) is 0 Å². The molecule has 0 unspecified atom stereocenters. The average Bonchev–Trinajstić information content (AvgIpc) is 2.29. The molecule has 2 N–H and O–H groups in total. The molecule has 7 heteroatoms. The van der Waals surface area contributed by atoms with Crippen LogP contribution in [0.4, 0.5) is 11.9 Å².